The molecule has 2 fully saturated rings. The van der Waals surface area contributed by atoms with E-state index in [-0.39, 0.29) is 53.4 Å². The first kappa shape index (κ1) is 29.8. The molecule has 9 nitrogen and oxygen atoms in total. The normalized spacial score (nSPS) is 24.0. The van der Waals surface area contributed by atoms with Gasteiger partial charge < -0.3 is 20.8 Å². The molecule has 3 unspecified atom stereocenters. The Bertz CT molecular complexity index is 1430. The van der Waals surface area contributed by atoms with Crippen LogP contribution in [0.4, 0.5) is 18.9 Å². The number of benzene rings is 2. The molecule has 4 atom stereocenters. The lowest BCUT2D eigenvalue weighted by Gasteiger charge is -2.42. The van der Waals surface area contributed by atoms with Gasteiger partial charge >= 0.3 is 5.97 Å². The lowest BCUT2D eigenvalue weighted by atomic mass is 9.72. The number of aliphatic carboxylic acids is 1. The molecule has 4 rings (SSSR count). The first-order chi connectivity index (χ1) is 18.7. The minimum atomic E-state index is -4.13. The number of nitrogens with one attached hydrogen (secondary N) is 2. The number of carbonyl (C=O) groups excluding carboxylic acids is 2. The summed E-state index contributed by atoms with van der Waals surface area (Å²) in [6.07, 6.45) is 0.521. The van der Waals surface area contributed by atoms with Gasteiger partial charge in [0.2, 0.25) is 5.91 Å². The maximum absolute atomic E-state index is 13.7. The molecule has 2 bridgehead atoms. The van der Waals surface area contributed by atoms with Gasteiger partial charge in [0.15, 0.2) is 27.3 Å². The van der Waals surface area contributed by atoms with E-state index in [1.165, 1.54) is 12.1 Å². The summed E-state index contributed by atoms with van der Waals surface area (Å²) in [6.45, 7) is -0.0932. The molecule has 216 valence electrons. The molecule has 2 saturated carbocycles. The van der Waals surface area contributed by atoms with E-state index >= 15 is 0 Å². The number of carboxylic acids is 1. The first-order valence-corrected chi connectivity index (χ1v) is 14.3. The third-order valence-electron chi connectivity index (χ3n) is 7.66. The van der Waals surface area contributed by atoms with Crippen LogP contribution in [0.1, 0.15) is 48.9 Å². The predicted molar refractivity (Wildman–Crippen MR) is 137 cm³/mol. The Morgan fingerprint density at radius 1 is 1.02 bits per heavy atom. The molecule has 14 heteroatoms. The summed E-state index contributed by atoms with van der Waals surface area (Å²) in [5, 5.41) is 23.6. The minimum Gasteiger partial charge on any atom is -0.481 e. The van der Waals surface area contributed by atoms with Crippen molar-refractivity contribution in [3.8, 4) is 0 Å². The fourth-order valence-electron chi connectivity index (χ4n) is 5.65. The maximum Gasteiger partial charge on any atom is 0.305 e. The van der Waals surface area contributed by atoms with Gasteiger partial charge in [-0.05, 0) is 55.7 Å². The van der Waals surface area contributed by atoms with Crippen LogP contribution in [-0.4, -0.2) is 53.8 Å². The van der Waals surface area contributed by atoms with E-state index in [2.05, 4.69) is 10.6 Å². The van der Waals surface area contributed by atoms with Gasteiger partial charge in [-0.1, -0.05) is 11.6 Å². The number of aliphatic hydroxyl groups is 1. The van der Waals surface area contributed by atoms with E-state index < -0.39 is 67.8 Å². The molecule has 0 heterocycles. The molecule has 2 aromatic rings. The van der Waals surface area contributed by atoms with Crippen LogP contribution in [0.15, 0.2) is 35.2 Å². The highest BCUT2D eigenvalue weighted by Crippen LogP contribution is 2.53. The van der Waals surface area contributed by atoms with Gasteiger partial charge in [0.25, 0.3) is 5.91 Å². The van der Waals surface area contributed by atoms with Crippen molar-refractivity contribution in [2.24, 2.45) is 11.8 Å². The van der Waals surface area contributed by atoms with E-state index in [1.807, 2.05) is 0 Å². The van der Waals surface area contributed by atoms with Crippen LogP contribution in [0, 0.1) is 29.3 Å². The Balaban J connectivity index is 1.50. The van der Waals surface area contributed by atoms with Gasteiger partial charge in [-0.25, -0.2) is 21.6 Å². The third-order valence-corrected chi connectivity index (χ3v) is 10.3. The fraction of sp³-hybridized carbons (Fsp3) is 0.423. The summed E-state index contributed by atoms with van der Waals surface area (Å²) in [5.41, 5.74) is -2.00. The van der Waals surface area contributed by atoms with Crippen molar-refractivity contribution in [2.75, 3.05) is 11.9 Å². The van der Waals surface area contributed by atoms with E-state index in [1.54, 1.807) is 0 Å². The van der Waals surface area contributed by atoms with Crippen LogP contribution in [-0.2, 0) is 19.4 Å². The van der Waals surface area contributed by atoms with Crippen LogP contribution in [0.5, 0.6) is 0 Å². The smallest absolute Gasteiger partial charge is 0.305 e. The molecule has 0 aromatic heterocycles. The van der Waals surface area contributed by atoms with Crippen LogP contribution in [0.2, 0.25) is 5.02 Å². The van der Waals surface area contributed by atoms with Crippen LogP contribution in [0.25, 0.3) is 0 Å². The van der Waals surface area contributed by atoms with E-state index in [0.29, 0.717) is 25.0 Å². The molecule has 2 aromatic carbocycles. The zero-order chi connectivity index (χ0) is 29.4. The number of carbonyl (C=O) groups is 3. The van der Waals surface area contributed by atoms with Gasteiger partial charge in [-0.2, -0.15) is 0 Å². The molecule has 40 heavy (non-hydrogen) atoms. The Hall–Kier alpha value is -3.16. The SMILES string of the molecule is O=C(O)CCNC(=O)CC1(O)C2CC[C@H]1CC(S(=O)(=O)c1cc(C(=O)Nc3cc(F)c(F)c(F)c3)ccc1Cl)C2. The van der Waals surface area contributed by atoms with Crippen molar-refractivity contribution >= 4 is 44.9 Å². The fourth-order valence-corrected chi connectivity index (χ4v) is 8.06. The number of fused-ring (bicyclic) bond motifs is 2. The second-order valence-electron chi connectivity index (χ2n) is 10.1. The lowest BCUT2D eigenvalue weighted by Crippen LogP contribution is -2.50. The number of amides is 2. The molecule has 0 radical (unpaired) electrons. The standard InChI is InChI=1S/C26H26ClF3N2O7S/c27-18-4-1-13(25(36)32-16-10-19(28)24(30)20(29)11-16)7-21(18)40(38,39)17-8-14-2-3-15(9-17)26(14,37)12-22(33)31-6-5-23(34)35/h1,4,7,10-11,14-15,17,37H,2-3,5-6,8-9,12H2,(H,31,33)(H,32,36)(H,34,35)/t14-,15?,17?,26?/m0/s1. The molecule has 0 saturated heterocycles. The summed E-state index contributed by atoms with van der Waals surface area (Å²) >= 11 is 6.21. The first-order valence-electron chi connectivity index (χ1n) is 12.4. The highest BCUT2D eigenvalue weighted by molar-refractivity contribution is 7.92. The van der Waals surface area contributed by atoms with Gasteiger partial charge in [0, 0.05) is 29.9 Å². The molecular formula is C26H26ClF3N2O7S. The summed E-state index contributed by atoms with van der Waals surface area (Å²) in [6, 6.07) is 4.62. The maximum atomic E-state index is 13.7. The number of carboxylic acid groups (broad SMARTS) is 1. The van der Waals surface area contributed by atoms with Gasteiger partial charge in [-0.15, -0.1) is 0 Å². The number of hydrogen-bond acceptors (Lipinski definition) is 6. The van der Waals surface area contributed by atoms with Gasteiger partial charge in [-0.3, -0.25) is 14.4 Å². The zero-order valence-electron chi connectivity index (χ0n) is 20.9. The van der Waals surface area contributed by atoms with Crippen molar-refractivity contribution in [2.45, 2.75) is 54.3 Å². The van der Waals surface area contributed by atoms with Gasteiger partial charge in [0.05, 0.1) is 33.6 Å². The summed E-state index contributed by atoms with van der Waals surface area (Å²) in [4.78, 5) is 35.4. The molecule has 2 amide bonds. The Morgan fingerprint density at radius 3 is 2.20 bits per heavy atom. The van der Waals surface area contributed by atoms with Crippen LogP contribution in [0.3, 0.4) is 0 Å². The molecular weight excluding hydrogens is 577 g/mol. The van der Waals surface area contributed by atoms with Crippen LogP contribution >= 0.6 is 11.6 Å². The number of hydrogen-bond donors (Lipinski definition) is 4. The van der Waals surface area contributed by atoms with Crippen molar-refractivity contribution < 1.29 is 46.2 Å². The van der Waals surface area contributed by atoms with Crippen molar-refractivity contribution in [3.63, 3.8) is 0 Å². The third kappa shape index (κ3) is 5.96. The summed E-state index contributed by atoms with van der Waals surface area (Å²) < 4.78 is 67.6. The number of anilines is 1. The largest absolute Gasteiger partial charge is 0.481 e. The Kier molecular flexibility index (Phi) is 8.48. The van der Waals surface area contributed by atoms with Gasteiger partial charge in [0.1, 0.15) is 0 Å². The molecule has 0 spiro atoms. The lowest BCUT2D eigenvalue weighted by molar-refractivity contribution is -0.137. The average molecular weight is 603 g/mol. The van der Waals surface area contributed by atoms with Crippen molar-refractivity contribution in [1.82, 2.24) is 5.32 Å². The molecule has 2 aliphatic carbocycles. The monoisotopic (exact) mass is 602 g/mol. The highest BCUT2D eigenvalue weighted by atomic mass is 35.5. The van der Waals surface area contributed by atoms with E-state index in [4.69, 9.17) is 16.7 Å². The minimum absolute atomic E-state index is 0.0403. The second kappa shape index (κ2) is 11.4. The summed E-state index contributed by atoms with van der Waals surface area (Å²) in [5.74, 6) is -8.27. The van der Waals surface area contributed by atoms with Crippen LogP contribution < -0.4 is 10.6 Å². The Morgan fingerprint density at radius 2 is 1.62 bits per heavy atom. The highest BCUT2D eigenvalue weighted by Gasteiger charge is 2.56. The molecule has 2 aliphatic rings. The predicted octanol–water partition coefficient (Wildman–Crippen LogP) is 3.68. The van der Waals surface area contributed by atoms with Crippen molar-refractivity contribution in [3.05, 3.63) is 58.4 Å². The zero-order valence-corrected chi connectivity index (χ0v) is 22.5. The Labute approximate surface area is 232 Å². The molecule has 0 aliphatic heterocycles. The number of rotatable bonds is 9. The average Bonchev–Trinajstić information content (AvgIpc) is 3.03. The second-order valence-corrected chi connectivity index (χ2v) is 12.7. The van der Waals surface area contributed by atoms with E-state index in [0.717, 1.165) is 6.07 Å². The quantitative estimate of drug-likeness (QED) is 0.320. The topological polar surface area (TPSA) is 150 Å². The van der Waals surface area contributed by atoms with E-state index in [9.17, 15) is 41.1 Å². The van der Waals surface area contributed by atoms with Crippen molar-refractivity contribution in [1.29, 1.82) is 0 Å². The number of sulfone groups is 1. The molecule has 4 N–H and O–H groups in total. The summed E-state index contributed by atoms with van der Waals surface area (Å²) in [7, 11) is -4.13. The number of halogens is 4.